The van der Waals surface area contributed by atoms with Crippen LogP contribution < -0.4 is 0 Å². The third-order valence-corrected chi connectivity index (χ3v) is 4.59. The molecule has 0 aliphatic heterocycles. The van der Waals surface area contributed by atoms with E-state index in [-0.39, 0.29) is 5.41 Å². The number of rotatable bonds is 2. The minimum absolute atomic E-state index is 0.104. The molecular weight excluding hydrogens is 294 g/mol. The minimum Gasteiger partial charge on any atom is -0.240 e. The first kappa shape index (κ1) is 12.8. The zero-order valence-electron chi connectivity index (χ0n) is 10.3. The van der Waals surface area contributed by atoms with Crippen LogP contribution >= 0.6 is 27.3 Å². The van der Waals surface area contributed by atoms with Gasteiger partial charge in [-0.15, -0.1) is 11.3 Å². The largest absolute Gasteiger partial charge is 0.240 e. The summed E-state index contributed by atoms with van der Waals surface area (Å²) >= 11 is 5.34. The van der Waals surface area contributed by atoms with Crippen molar-refractivity contribution in [1.29, 1.82) is 0 Å². The van der Waals surface area contributed by atoms with E-state index in [2.05, 4.69) is 61.0 Å². The highest BCUT2D eigenvalue weighted by atomic mass is 79.9. The summed E-state index contributed by atoms with van der Waals surface area (Å²) in [5, 5.41) is 1.99. The zero-order valence-corrected chi connectivity index (χ0v) is 12.7. The molecule has 0 saturated heterocycles. The molecule has 3 heteroatoms. The maximum Gasteiger partial charge on any atom is 0.123 e. The van der Waals surface area contributed by atoms with E-state index in [0.29, 0.717) is 0 Å². The van der Waals surface area contributed by atoms with E-state index in [4.69, 9.17) is 4.98 Å². The van der Waals surface area contributed by atoms with Crippen LogP contribution in [-0.4, -0.2) is 4.98 Å². The van der Waals surface area contributed by atoms with Crippen LogP contribution in [0.4, 0.5) is 0 Å². The summed E-state index contributed by atoms with van der Waals surface area (Å²) in [4.78, 5) is 6.14. The lowest BCUT2D eigenvalue weighted by Crippen LogP contribution is -2.13. The van der Waals surface area contributed by atoms with Crippen LogP contribution in [0, 0.1) is 0 Å². The zero-order chi connectivity index (χ0) is 12.5. The van der Waals surface area contributed by atoms with Gasteiger partial charge < -0.3 is 0 Å². The molecule has 0 spiro atoms. The van der Waals surface area contributed by atoms with Crippen LogP contribution in [0.1, 0.15) is 31.3 Å². The van der Waals surface area contributed by atoms with E-state index in [1.54, 1.807) is 11.3 Å². The Morgan fingerprint density at radius 1 is 1.18 bits per heavy atom. The number of alkyl halides is 1. The van der Waals surface area contributed by atoms with E-state index in [1.807, 2.05) is 6.07 Å². The molecule has 90 valence electrons. The van der Waals surface area contributed by atoms with Crippen molar-refractivity contribution < 1.29 is 0 Å². The maximum atomic E-state index is 4.81. The maximum absolute atomic E-state index is 4.81. The topological polar surface area (TPSA) is 12.9 Å². The first-order valence-corrected chi connectivity index (χ1v) is 7.57. The van der Waals surface area contributed by atoms with Gasteiger partial charge in [0.05, 0.1) is 5.69 Å². The van der Waals surface area contributed by atoms with Crippen LogP contribution in [0.25, 0.3) is 10.6 Å². The molecule has 1 aromatic heterocycles. The highest BCUT2D eigenvalue weighted by molar-refractivity contribution is 9.08. The highest BCUT2D eigenvalue weighted by Crippen LogP contribution is 2.35. The molecule has 2 rings (SSSR count). The summed E-state index contributed by atoms with van der Waals surface area (Å²) < 4.78 is 0. The third-order valence-electron chi connectivity index (χ3n) is 2.55. The predicted molar refractivity (Wildman–Crippen MR) is 78.9 cm³/mol. The Balaban J connectivity index is 2.49. The summed E-state index contributed by atoms with van der Waals surface area (Å²) in [7, 11) is 0. The molecule has 0 N–H and O–H groups in total. The standard InChI is InChI=1S/C14H16BrNS/c1-14(2,3)12-11(9-15)17-13(16-12)10-7-5-4-6-8-10/h4-8H,9H2,1-3H3. The number of thiazole rings is 1. The lowest BCUT2D eigenvalue weighted by Gasteiger charge is -2.16. The van der Waals surface area contributed by atoms with Gasteiger partial charge in [-0.05, 0) is 0 Å². The quantitative estimate of drug-likeness (QED) is 0.711. The van der Waals surface area contributed by atoms with Crippen molar-refractivity contribution in [3.8, 4) is 10.6 Å². The van der Waals surface area contributed by atoms with E-state index < -0.39 is 0 Å². The number of nitrogens with zero attached hydrogens (tertiary/aromatic N) is 1. The second kappa shape index (κ2) is 4.91. The molecular formula is C14H16BrNS. The monoisotopic (exact) mass is 309 g/mol. The fourth-order valence-corrected chi connectivity index (χ4v) is 3.47. The summed E-state index contributed by atoms with van der Waals surface area (Å²) in [6.07, 6.45) is 0. The molecule has 17 heavy (non-hydrogen) atoms. The first-order valence-electron chi connectivity index (χ1n) is 5.64. The molecule has 0 atom stereocenters. The van der Waals surface area contributed by atoms with Crippen LogP contribution in [0.5, 0.6) is 0 Å². The van der Waals surface area contributed by atoms with Gasteiger partial charge in [0.25, 0.3) is 0 Å². The normalized spacial score (nSPS) is 11.8. The fourth-order valence-electron chi connectivity index (χ4n) is 1.73. The second-order valence-corrected chi connectivity index (χ2v) is 6.68. The molecule has 2 aromatic rings. The smallest absolute Gasteiger partial charge is 0.123 e. The number of aromatic nitrogens is 1. The van der Waals surface area contributed by atoms with Crippen molar-refractivity contribution in [3.05, 3.63) is 40.9 Å². The van der Waals surface area contributed by atoms with Gasteiger partial charge in [-0.3, -0.25) is 0 Å². The highest BCUT2D eigenvalue weighted by Gasteiger charge is 2.22. The van der Waals surface area contributed by atoms with Gasteiger partial charge in [-0.25, -0.2) is 4.98 Å². The molecule has 0 fully saturated rings. The average Bonchev–Trinajstić information content (AvgIpc) is 2.74. The van der Waals surface area contributed by atoms with E-state index >= 15 is 0 Å². The SMILES string of the molecule is CC(C)(C)c1nc(-c2ccccc2)sc1CBr. The van der Waals surface area contributed by atoms with E-state index in [1.165, 1.54) is 16.1 Å². The van der Waals surface area contributed by atoms with Gasteiger partial charge in [-0.1, -0.05) is 67.0 Å². The number of benzene rings is 1. The minimum atomic E-state index is 0.104. The number of hydrogen-bond donors (Lipinski definition) is 0. The van der Waals surface area contributed by atoms with E-state index in [0.717, 1.165) is 10.3 Å². The lowest BCUT2D eigenvalue weighted by atomic mass is 9.91. The van der Waals surface area contributed by atoms with Crippen molar-refractivity contribution in [2.45, 2.75) is 31.5 Å². The van der Waals surface area contributed by atoms with Crippen LogP contribution in [0.2, 0.25) is 0 Å². The van der Waals surface area contributed by atoms with Gasteiger partial charge in [0, 0.05) is 21.2 Å². The van der Waals surface area contributed by atoms with Gasteiger partial charge in [0.15, 0.2) is 0 Å². The molecule has 1 aromatic carbocycles. The van der Waals surface area contributed by atoms with Crippen molar-refractivity contribution in [1.82, 2.24) is 4.98 Å². The predicted octanol–water partition coefficient (Wildman–Crippen LogP) is 5.00. The molecule has 0 aliphatic carbocycles. The van der Waals surface area contributed by atoms with Gasteiger partial charge >= 0.3 is 0 Å². The lowest BCUT2D eigenvalue weighted by molar-refractivity contribution is 0.569. The summed E-state index contributed by atoms with van der Waals surface area (Å²) in [5.41, 5.74) is 2.51. The summed E-state index contributed by atoms with van der Waals surface area (Å²) in [6.45, 7) is 6.63. The summed E-state index contributed by atoms with van der Waals surface area (Å²) in [5.74, 6) is 0. The molecule has 1 nitrogen and oxygen atoms in total. The Morgan fingerprint density at radius 3 is 2.29 bits per heavy atom. The van der Waals surface area contributed by atoms with Crippen LogP contribution in [0.15, 0.2) is 30.3 Å². The Labute approximate surface area is 115 Å². The molecule has 0 radical (unpaired) electrons. The molecule has 0 unspecified atom stereocenters. The number of halogens is 1. The Morgan fingerprint density at radius 2 is 1.82 bits per heavy atom. The Bertz CT molecular complexity index is 497. The Kier molecular flexibility index (Phi) is 3.69. The van der Waals surface area contributed by atoms with E-state index in [9.17, 15) is 0 Å². The van der Waals surface area contributed by atoms with Crippen LogP contribution in [-0.2, 0) is 10.7 Å². The fraction of sp³-hybridized carbons (Fsp3) is 0.357. The Hall–Kier alpha value is -0.670. The van der Waals surface area contributed by atoms with Gasteiger partial charge in [-0.2, -0.15) is 0 Å². The molecule has 0 bridgehead atoms. The second-order valence-electron chi connectivity index (χ2n) is 5.04. The summed E-state index contributed by atoms with van der Waals surface area (Å²) in [6, 6.07) is 10.4. The van der Waals surface area contributed by atoms with Crippen molar-refractivity contribution in [2.24, 2.45) is 0 Å². The van der Waals surface area contributed by atoms with Gasteiger partial charge in [0.2, 0.25) is 0 Å². The van der Waals surface area contributed by atoms with Crippen molar-refractivity contribution in [3.63, 3.8) is 0 Å². The van der Waals surface area contributed by atoms with Crippen molar-refractivity contribution in [2.75, 3.05) is 0 Å². The third kappa shape index (κ3) is 2.78. The molecule has 0 amide bonds. The molecule has 0 aliphatic rings. The molecule has 1 heterocycles. The number of hydrogen-bond acceptors (Lipinski definition) is 2. The van der Waals surface area contributed by atoms with Crippen molar-refractivity contribution >= 4 is 27.3 Å². The molecule has 0 saturated carbocycles. The van der Waals surface area contributed by atoms with Crippen LogP contribution in [0.3, 0.4) is 0 Å². The van der Waals surface area contributed by atoms with Gasteiger partial charge in [0.1, 0.15) is 5.01 Å². The first-order chi connectivity index (χ1) is 8.02. The average molecular weight is 310 g/mol.